The van der Waals surface area contributed by atoms with Gasteiger partial charge in [-0.05, 0) is 23.3 Å². The van der Waals surface area contributed by atoms with Crippen LogP contribution in [0.15, 0.2) is 72.8 Å². The van der Waals surface area contributed by atoms with Gasteiger partial charge in [-0.1, -0.05) is 72.3 Å². The van der Waals surface area contributed by atoms with E-state index in [4.69, 9.17) is 16.9 Å². The summed E-state index contributed by atoms with van der Waals surface area (Å²) in [7, 11) is 0. The summed E-state index contributed by atoms with van der Waals surface area (Å²) in [5.74, 6) is 0.614. The van der Waals surface area contributed by atoms with Crippen molar-refractivity contribution in [3.63, 3.8) is 0 Å². The molecule has 4 heteroatoms. The van der Waals surface area contributed by atoms with Gasteiger partial charge in [-0.3, -0.25) is 0 Å². The van der Waals surface area contributed by atoms with E-state index in [0.717, 1.165) is 11.1 Å². The van der Waals surface area contributed by atoms with Gasteiger partial charge in [-0.2, -0.15) is 5.26 Å². The molecule has 112 valence electrons. The van der Waals surface area contributed by atoms with Crippen molar-refractivity contribution in [1.82, 2.24) is 4.98 Å². The zero-order valence-corrected chi connectivity index (χ0v) is 13.0. The fourth-order valence-electron chi connectivity index (χ4n) is 2.40. The smallest absolute Gasteiger partial charge is 0.161 e. The van der Waals surface area contributed by atoms with Gasteiger partial charge < -0.3 is 5.32 Å². The van der Waals surface area contributed by atoms with Crippen molar-refractivity contribution in [2.24, 2.45) is 0 Å². The Morgan fingerprint density at radius 1 is 0.870 bits per heavy atom. The summed E-state index contributed by atoms with van der Waals surface area (Å²) in [6, 6.07) is 25.6. The fourth-order valence-corrected chi connectivity index (χ4v) is 2.55. The maximum Gasteiger partial charge on any atom is 0.161 e. The van der Waals surface area contributed by atoms with Gasteiger partial charge in [0, 0.05) is 0 Å². The van der Waals surface area contributed by atoms with E-state index in [1.54, 1.807) is 12.1 Å². The van der Waals surface area contributed by atoms with Crippen LogP contribution in [0.1, 0.15) is 22.9 Å². The third-order valence-electron chi connectivity index (χ3n) is 3.51. The molecule has 0 unspecified atom stereocenters. The Balaban J connectivity index is 1.99. The van der Waals surface area contributed by atoms with Crippen LogP contribution < -0.4 is 5.32 Å². The lowest BCUT2D eigenvalue weighted by molar-refractivity contribution is 0.925. The first-order chi connectivity index (χ1) is 11.3. The van der Waals surface area contributed by atoms with Gasteiger partial charge in [-0.25, -0.2) is 4.98 Å². The number of nitrogens with one attached hydrogen (secondary N) is 1. The van der Waals surface area contributed by atoms with E-state index in [0.29, 0.717) is 10.8 Å². The maximum absolute atomic E-state index is 9.09. The van der Waals surface area contributed by atoms with Crippen LogP contribution in [-0.4, -0.2) is 4.98 Å². The molecule has 0 spiro atoms. The van der Waals surface area contributed by atoms with Crippen LogP contribution in [0.4, 0.5) is 5.82 Å². The number of nitriles is 1. The topological polar surface area (TPSA) is 48.7 Å². The van der Waals surface area contributed by atoms with E-state index < -0.39 is 0 Å². The van der Waals surface area contributed by atoms with Crippen LogP contribution in [-0.2, 0) is 0 Å². The second kappa shape index (κ2) is 6.95. The van der Waals surface area contributed by atoms with Crippen molar-refractivity contribution in [2.75, 3.05) is 5.32 Å². The summed E-state index contributed by atoms with van der Waals surface area (Å²) >= 11 is 5.95. The molecule has 0 saturated heterocycles. The van der Waals surface area contributed by atoms with Gasteiger partial charge in [0.15, 0.2) is 5.69 Å². The Hall–Kier alpha value is -2.83. The highest BCUT2D eigenvalue weighted by Crippen LogP contribution is 2.26. The summed E-state index contributed by atoms with van der Waals surface area (Å²) < 4.78 is 0. The molecule has 1 N–H and O–H groups in total. The second-order valence-corrected chi connectivity index (χ2v) is 5.44. The van der Waals surface area contributed by atoms with Crippen molar-refractivity contribution in [3.05, 3.63) is 94.6 Å². The molecule has 0 aliphatic rings. The van der Waals surface area contributed by atoms with E-state index in [1.165, 1.54) is 0 Å². The van der Waals surface area contributed by atoms with Crippen LogP contribution in [0.25, 0.3) is 0 Å². The third kappa shape index (κ3) is 3.50. The highest BCUT2D eigenvalue weighted by molar-refractivity contribution is 6.31. The van der Waals surface area contributed by atoms with Crippen LogP contribution in [0.3, 0.4) is 0 Å². The molecule has 1 heterocycles. The molecule has 0 radical (unpaired) electrons. The average molecular weight is 320 g/mol. The summed E-state index contributed by atoms with van der Waals surface area (Å²) in [6.07, 6.45) is 0. The molecule has 0 aliphatic carbocycles. The Bertz CT molecular complexity index is 787. The van der Waals surface area contributed by atoms with Gasteiger partial charge in [0.25, 0.3) is 0 Å². The number of halogens is 1. The zero-order chi connectivity index (χ0) is 16.1. The first-order valence-electron chi connectivity index (χ1n) is 7.21. The maximum atomic E-state index is 9.09. The van der Waals surface area contributed by atoms with Gasteiger partial charge in [0.1, 0.15) is 11.9 Å². The van der Waals surface area contributed by atoms with E-state index in [1.807, 2.05) is 42.5 Å². The standard InChI is InChI=1S/C19H14ClN3/c20-16-11-12-18(22-17(16)13-21)23-19(14-7-3-1-4-8-14)15-9-5-2-6-10-15/h1-12,19H,(H,22,23). The monoisotopic (exact) mass is 319 g/mol. The molecule has 2 aromatic carbocycles. The Kier molecular flexibility index (Phi) is 4.56. The summed E-state index contributed by atoms with van der Waals surface area (Å²) in [6.45, 7) is 0. The van der Waals surface area contributed by atoms with E-state index >= 15 is 0 Å². The van der Waals surface area contributed by atoms with E-state index in [2.05, 4.69) is 34.6 Å². The molecule has 0 fully saturated rings. The fraction of sp³-hybridized carbons (Fsp3) is 0.0526. The number of nitrogens with zero attached hydrogens (tertiary/aromatic N) is 2. The number of hydrogen-bond acceptors (Lipinski definition) is 3. The molecule has 3 aromatic rings. The van der Waals surface area contributed by atoms with Crippen molar-refractivity contribution in [1.29, 1.82) is 5.26 Å². The molecule has 23 heavy (non-hydrogen) atoms. The number of pyridine rings is 1. The molecular weight excluding hydrogens is 306 g/mol. The van der Waals surface area contributed by atoms with Crippen molar-refractivity contribution in [3.8, 4) is 6.07 Å². The molecule has 0 aliphatic heterocycles. The molecule has 0 bridgehead atoms. The van der Waals surface area contributed by atoms with Crippen molar-refractivity contribution in [2.45, 2.75) is 6.04 Å². The normalized spacial score (nSPS) is 10.3. The Labute approximate surface area is 140 Å². The summed E-state index contributed by atoms with van der Waals surface area (Å²) in [4.78, 5) is 4.28. The minimum Gasteiger partial charge on any atom is -0.359 e. The molecule has 3 nitrogen and oxygen atoms in total. The molecule has 0 atom stereocenters. The van der Waals surface area contributed by atoms with Crippen LogP contribution in [0.5, 0.6) is 0 Å². The number of rotatable bonds is 4. The first-order valence-corrected chi connectivity index (χ1v) is 7.59. The average Bonchev–Trinajstić information content (AvgIpc) is 2.62. The molecule has 1 aromatic heterocycles. The lowest BCUT2D eigenvalue weighted by Gasteiger charge is -2.20. The second-order valence-electron chi connectivity index (χ2n) is 5.04. The minimum absolute atomic E-state index is 0.0578. The summed E-state index contributed by atoms with van der Waals surface area (Å²) in [5.41, 5.74) is 2.46. The van der Waals surface area contributed by atoms with Crippen molar-refractivity contribution >= 4 is 17.4 Å². The number of anilines is 1. The van der Waals surface area contributed by atoms with Gasteiger partial charge in [0.05, 0.1) is 11.1 Å². The predicted octanol–water partition coefficient (Wildman–Crippen LogP) is 4.81. The molecular formula is C19H14ClN3. The number of hydrogen-bond donors (Lipinski definition) is 1. The number of benzene rings is 2. The SMILES string of the molecule is N#Cc1nc(NC(c2ccccc2)c2ccccc2)ccc1Cl. The first kappa shape index (κ1) is 15.1. The van der Waals surface area contributed by atoms with Crippen molar-refractivity contribution < 1.29 is 0 Å². The highest BCUT2D eigenvalue weighted by atomic mass is 35.5. The lowest BCUT2D eigenvalue weighted by atomic mass is 9.99. The Morgan fingerprint density at radius 3 is 1.96 bits per heavy atom. The van der Waals surface area contributed by atoms with Crippen LogP contribution >= 0.6 is 11.6 Å². The highest BCUT2D eigenvalue weighted by Gasteiger charge is 2.14. The minimum atomic E-state index is -0.0578. The van der Waals surface area contributed by atoms with E-state index in [9.17, 15) is 0 Å². The largest absolute Gasteiger partial charge is 0.359 e. The van der Waals surface area contributed by atoms with Gasteiger partial charge in [0.2, 0.25) is 0 Å². The molecule has 3 rings (SSSR count). The van der Waals surface area contributed by atoms with E-state index in [-0.39, 0.29) is 11.7 Å². The lowest BCUT2D eigenvalue weighted by Crippen LogP contribution is -2.13. The molecule has 0 saturated carbocycles. The predicted molar refractivity (Wildman–Crippen MR) is 92.3 cm³/mol. The molecule has 0 amide bonds. The third-order valence-corrected chi connectivity index (χ3v) is 3.81. The van der Waals surface area contributed by atoms with Crippen LogP contribution in [0.2, 0.25) is 5.02 Å². The van der Waals surface area contributed by atoms with Crippen LogP contribution in [0, 0.1) is 11.3 Å². The summed E-state index contributed by atoms with van der Waals surface area (Å²) in [5, 5.41) is 12.8. The Morgan fingerprint density at radius 2 is 1.43 bits per heavy atom. The quantitative estimate of drug-likeness (QED) is 0.750. The zero-order valence-electron chi connectivity index (χ0n) is 12.3. The van der Waals surface area contributed by atoms with Gasteiger partial charge in [-0.15, -0.1) is 0 Å². The number of aromatic nitrogens is 1. The van der Waals surface area contributed by atoms with Gasteiger partial charge >= 0.3 is 0 Å².